The summed E-state index contributed by atoms with van der Waals surface area (Å²) in [5.74, 6) is -1.57. The van der Waals surface area contributed by atoms with Crippen molar-refractivity contribution in [2.45, 2.75) is 19.9 Å². The third-order valence-electron chi connectivity index (χ3n) is 4.24. The van der Waals surface area contributed by atoms with Crippen LogP contribution in [-0.2, 0) is 19.1 Å². The maximum Gasteiger partial charge on any atom is 0.338 e. The second-order valence-electron chi connectivity index (χ2n) is 6.50. The lowest BCUT2D eigenvalue weighted by Crippen LogP contribution is -2.46. The molecule has 3 N–H and O–H groups in total. The third kappa shape index (κ3) is 5.48. The Bertz CT molecular complexity index is 1030. The van der Waals surface area contributed by atoms with Crippen molar-refractivity contribution in [2.24, 2.45) is 0 Å². The first-order valence-corrected chi connectivity index (χ1v) is 10.3. The van der Waals surface area contributed by atoms with Crippen molar-refractivity contribution < 1.29 is 28.7 Å². The number of nitrogens with one attached hydrogen (secondary N) is 3. The zero-order valence-electron chi connectivity index (χ0n) is 16.9. The molecule has 1 aliphatic heterocycles. The summed E-state index contributed by atoms with van der Waals surface area (Å²) in [7, 11) is 0. The Morgan fingerprint density at radius 2 is 1.94 bits per heavy atom. The molecule has 0 unspecified atom stereocenters. The first kappa shape index (κ1) is 22.0. The summed E-state index contributed by atoms with van der Waals surface area (Å²) >= 11 is 1.37. The van der Waals surface area contributed by atoms with Gasteiger partial charge in [-0.2, -0.15) is 0 Å². The van der Waals surface area contributed by atoms with E-state index in [0.29, 0.717) is 5.69 Å². The number of esters is 2. The van der Waals surface area contributed by atoms with E-state index < -0.39 is 24.0 Å². The molecule has 0 fully saturated rings. The molecule has 9 nitrogen and oxygen atoms in total. The number of rotatable bonds is 7. The van der Waals surface area contributed by atoms with Gasteiger partial charge in [0.15, 0.2) is 0 Å². The average molecular weight is 443 g/mol. The molecule has 2 aromatic rings. The van der Waals surface area contributed by atoms with Gasteiger partial charge in [-0.05, 0) is 36.6 Å². The molecule has 1 aromatic heterocycles. The number of urea groups is 1. The van der Waals surface area contributed by atoms with Crippen molar-refractivity contribution in [3.05, 3.63) is 63.5 Å². The minimum absolute atomic E-state index is 0.145. The summed E-state index contributed by atoms with van der Waals surface area (Å²) in [4.78, 5) is 49.3. The van der Waals surface area contributed by atoms with Gasteiger partial charge >= 0.3 is 18.0 Å². The molecule has 1 aromatic carbocycles. The van der Waals surface area contributed by atoms with Crippen molar-refractivity contribution >= 4 is 40.9 Å². The van der Waals surface area contributed by atoms with Gasteiger partial charge in [-0.3, -0.25) is 4.79 Å². The molecule has 162 valence electrons. The van der Waals surface area contributed by atoms with Crippen LogP contribution in [0.1, 0.15) is 35.1 Å². The van der Waals surface area contributed by atoms with Gasteiger partial charge in [0.2, 0.25) is 5.91 Å². The van der Waals surface area contributed by atoms with Gasteiger partial charge in [-0.15, -0.1) is 11.3 Å². The zero-order valence-corrected chi connectivity index (χ0v) is 17.7. The highest BCUT2D eigenvalue weighted by Gasteiger charge is 2.34. The van der Waals surface area contributed by atoms with Crippen molar-refractivity contribution in [1.82, 2.24) is 10.6 Å². The van der Waals surface area contributed by atoms with Gasteiger partial charge in [0.05, 0.1) is 29.5 Å². The van der Waals surface area contributed by atoms with Crippen molar-refractivity contribution in [2.75, 3.05) is 18.5 Å². The molecule has 0 saturated heterocycles. The average Bonchev–Trinajstić information content (AvgIpc) is 3.26. The number of benzene rings is 1. The van der Waals surface area contributed by atoms with Crippen LogP contribution in [0.15, 0.2) is 53.0 Å². The Morgan fingerprint density at radius 1 is 1.13 bits per heavy atom. The number of hydrogen-bond acceptors (Lipinski definition) is 7. The van der Waals surface area contributed by atoms with E-state index in [9.17, 15) is 19.2 Å². The van der Waals surface area contributed by atoms with Gasteiger partial charge in [0.25, 0.3) is 0 Å². The van der Waals surface area contributed by atoms with Gasteiger partial charge < -0.3 is 25.4 Å². The molecule has 0 aliphatic carbocycles. The number of carbonyl (C=O) groups excluding carboxylic acids is 4. The lowest BCUT2D eigenvalue weighted by atomic mass is 10.0. The lowest BCUT2D eigenvalue weighted by molar-refractivity contribution is -0.139. The van der Waals surface area contributed by atoms with Gasteiger partial charge in [0.1, 0.15) is 6.61 Å². The first-order valence-electron chi connectivity index (χ1n) is 9.45. The minimum atomic E-state index is -0.718. The minimum Gasteiger partial charge on any atom is -0.463 e. The highest BCUT2D eigenvalue weighted by molar-refractivity contribution is 7.10. The normalized spacial score (nSPS) is 15.5. The quantitative estimate of drug-likeness (QED) is 0.566. The van der Waals surface area contributed by atoms with Crippen molar-refractivity contribution in [1.29, 1.82) is 0 Å². The summed E-state index contributed by atoms with van der Waals surface area (Å²) in [5.41, 5.74) is 0.969. The van der Waals surface area contributed by atoms with E-state index >= 15 is 0 Å². The fraction of sp³-hybridized carbons (Fsp3) is 0.238. The monoisotopic (exact) mass is 443 g/mol. The van der Waals surface area contributed by atoms with Crippen LogP contribution in [0, 0.1) is 0 Å². The SMILES string of the molecule is CCOC(=O)C1=C(COC(=O)c2cccc(NC(C)=O)c2)NC(=O)N[C@@H]1c1cccs1. The molecular formula is C21H21N3O6S. The fourth-order valence-electron chi connectivity index (χ4n) is 3.00. The summed E-state index contributed by atoms with van der Waals surface area (Å²) in [6, 6.07) is 8.59. The van der Waals surface area contributed by atoms with Gasteiger partial charge in [0, 0.05) is 17.5 Å². The fourth-order valence-corrected chi connectivity index (χ4v) is 3.78. The number of amides is 3. The van der Waals surface area contributed by atoms with Gasteiger partial charge in [-0.1, -0.05) is 12.1 Å². The van der Waals surface area contributed by atoms with E-state index in [4.69, 9.17) is 9.47 Å². The van der Waals surface area contributed by atoms with Crippen molar-refractivity contribution in [3.8, 4) is 0 Å². The molecule has 0 spiro atoms. The van der Waals surface area contributed by atoms with E-state index in [-0.39, 0.29) is 36.0 Å². The predicted octanol–water partition coefficient (Wildman–Crippen LogP) is 2.73. The molecule has 0 saturated carbocycles. The highest BCUT2D eigenvalue weighted by atomic mass is 32.1. The summed E-state index contributed by atoms with van der Waals surface area (Å²) in [5, 5.41) is 9.66. The lowest BCUT2D eigenvalue weighted by Gasteiger charge is -2.28. The number of thiophene rings is 1. The van der Waals surface area contributed by atoms with Crippen LogP contribution in [0.3, 0.4) is 0 Å². The molecule has 1 aliphatic rings. The predicted molar refractivity (Wildman–Crippen MR) is 113 cm³/mol. The van der Waals surface area contributed by atoms with Crippen LogP contribution < -0.4 is 16.0 Å². The Hall–Kier alpha value is -3.66. The smallest absolute Gasteiger partial charge is 0.338 e. The summed E-state index contributed by atoms with van der Waals surface area (Å²) in [6.45, 7) is 2.84. The Morgan fingerprint density at radius 3 is 2.61 bits per heavy atom. The molecule has 0 radical (unpaired) electrons. The van der Waals surface area contributed by atoms with Crippen molar-refractivity contribution in [3.63, 3.8) is 0 Å². The summed E-state index contributed by atoms with van der Waals surface area (Å²) in [6.07, 6.45) is 0. The van der Waals surface area contributed by atoms with Crippen LogP contribution in [0.5, 0.6) is 0 Å². The standard InChI is InChI=1S/C21H21N3O6S/c1-3-29-20(27)17-15(23-21(28)24-18(17)16-8-5-9-31-16)11-30-19(26)13-6-4-7-14(10-13)22-12(2)25/h4-10,18H,3,11H2,1-2H3,(H,22,25)(H2,23,24,28)/t18-/m1/s1. The molecule has 31 heavy (non-hydrogen) atoms. The van der Waals surface area contributed by atoms with Crippen LogP contribution in [0.4, 0.5) is 10.5 Å². The Labute approximate surface area is 182 Å². The number of ether oxygens (including phenoxy) is 2. The highest BCUT2D eigenvalue weighted by Crippen LogP contribution is 2.30. The largest absolute Gasteiger partial charge is 0.463 e. The third-order valence-corrected chi connectivity index (χ3v) is 5.18. The zero-order chi connectivity index (χ0) is 22.4. The molecule has 3 amide bonds. The number of carbonyl (C=O) groups is 4. The van der Waals surface area contributed by atoms with Gasteiger partial charge in [-0.25, -0.2) is 14.4 Å². The van der Waals surface area contributed by atoms with Crippen LogP contribution in [-0.4, -0.2) is 37.1 Å². The van der Waals surface area contributed by atoms with E-state index in [1.54, 1.807) is 31.2 Å². The number of hydrogen-bond donors (Lipinski definition) is 3. The van der Waals surface area contributed by atoms with E-state index in [1.807, 2.05) is 5.38 Å². The molecule has 2 heterocycles. The summed E-state index contributed by atoms with van der Waals surface area (Å²) < 4.78 is 10.5. The second-order valence-corrected chi connectivity index (χ2v) is 7.48. The molecule has 1 atom stereocenters. The van der Waals surface area contributed by atoms with Crippen LogP contribution >= 0.6 is 11.3 Å². The molecular weight excluding hydrogens is 422 g/mol. The molecule has 10 heteroatoms. The maximum absolute atomic E-state index is 12.6. The topological polar surface area (TPSA) is 123 Å². The van der Waals surface area contributed by atoms with E-state index in [0.717, 1.165) is 4.88 Å². The van der Waals surface area contributed by atoms with Crippen LogP contribution in [0.2, 0.25) is 0 Å². The Balaban J connectivity index is 1.84. The Kier molecular flexibility index (Phi) is 7.03. The van der Waals surface area contributed by atoms with E-state index in [1.165, 1.54) is 30.4 Å². The number of anilines is 1. The maximum atomic E-state index is 12.6. The molecule has 3 rings (SSSR count). The molecule has 0 bridgehead atoms. The first-order chi connectivity index (χ1) is 14.9. The van der Waals surface area contributed by atoms with E-state index in [2.05, 4.69) is 16.0 Å². The second kappa shape index (κ2) is 9.90. The van der Waals surface area contributed by atoms with Crippen LogP contribution in [0.25, 0.3) is 0 Å².